The van der Waals surface area contributed by atoms with Crippen molar-refractivity contribution in [2.24, 2.45) is 4.99 Å². The van der Waals surface area contributed by atoms with E-state index in [1.807, 2.05) is 6.07 Å². The number of hydrogen-bond donors (Lipinski definition) is 1. The second-order valence-corrected chi connectivity index (χ2v) is 6.12. The van der Waals surface area contributed by atoms with Gasteiger partial charge in [0.15, 0.2) is 5.96 Å². The molecule has 0 spiro atoms. The molecule has 6 heteroatoms. The van der Waals surface area contributed by atoms with Gasteiger partial charge in [-0.05, 0) is 31.0 Å². The van der Waals surface area contributed by atoms with Gasteiger partial charge in [0.05, 0.1) is 6.54 Å². The Labute approximate surface area is 149 Å². The van der Waals surface area contributed by atoms with Crippen molar-refractivity contribution in [1.82, 2.24) is 20.2 Å². The first-order valence-corrected chi connectivity index (χ1v) is 8.87. The molecule has 0 amide bonds. The van der Waals surface area contributed by atoms with Crippen LogP contribution in [-0.4, -0.2) is 53.6 Å². The third-order valence-corrected chi connectivity index (χ3v) is 4.41. The molecule has 0 saturated carbocycles. The van der Waals surface area contributed by atoms with Crippen molar-refractivity contribution in [3.63, 3.8) is 0 Å². The maximum Gasteiger partial charge on any atom is 0.225 e. The van der Waals surface area contributed by atoms with Crippen molar-refractivity contribution < 1.29 is 0 Å². The highest BCUT2D eigenvalue weighted by Crippen LogP contribution is 2.11. The normalized spacial score (nSPS) is 15.4. The minimum absolute atomic E-state index is 0.705. The topological polar surface area (TPSA) is 56.7 Å². The maximum absolute atomic E-state index is 4.85. The van der Waals surface area contributed by atoms with E-state index in [2.05, 4.69) is 63.2 Å². The molecule has 1 N–H and O–H groups in total. The molecule has 3 rings (SSSR count). The van der Waals surface area contributed by atoms with Gasteiger partial charge in [0.2, 0.25) is 5.95 Å². The number of rotatable bonds is 4. The molecule has 0 unspecified atom stereocenters. The first kappa shape index (κ1) is 17.2. The molecule has 25 heavy (non-hydrogen) atoms. The van der Waals surface area contributed by atoms with E-state index in [-0.39, 0.29) is 0 Å². The number of piperazine rings is 1. The lowest BCUT2D eigenvalue weighted by atomic mass is 10.1. The molecular formula is C19H26N6. The summed E-state index contributed by atoms with van der Waals surface area (Å²) in [4.78, 5) is 18.1. The van der Waals surface area contributed by atoms with Gasteiger partial charge in [-0.15, -0.1) is 0 Å². The number of anilines is 1. The smallest absolute Gasteiger partial charge is 0.225 e. The van der Waals surface area contributed by atoms with Gasteiger partial charge >= 0.3 is 0 Å². The molecule has 1 aliphatic rings. The fraction of sp³-hybridized carbons (Fsp3) is 0.421. The summed E-state index contributed by atoms with van der Waals surface area (Å²) in [6.07, 6.45) is 3.59. The van der Waals surface area contributed by atoms with Gasteiger partial charge < -0.3 is 15.1 Å². The Bertz CT molecular complexity index is 692. The van der Waals surface area contributed by atoms with Crippen LogP contribution in [0, 0.1) is 6.92 Å². The third kappa shape index (κ3) is 4.47. The molecule has 1 aliphatic heterocycles. The van der Waals surface area contributed by atoms with Crippen molar-refractivity contribution in [2.45, 2.75) is 20.4 Å². The fourth-order valence-electron chi connectivity index (χ4n) is 2.95. The lowest BCUT2D eigenvalue weighted by molar-refractivity contribution is 0.370. The number of guanidine groups is 1. The molecule has 2 aromatic rings. The lowest BCUT2D eigenvalue weighted by Crippen LogP contribution is -2.53. The van der Waals surface area contributed by atoms with Gasteiger partial charge in [-0.3, -0.25) is 0 Å². The Hall–Kier alpha value is -2.63. The van der Waals surface area contributed by atoms with Gasteiger partial charge in [-0.25, -0.2) is 15.0 Å². The quantitative estimate of drug-likeness (QED) is 0.683. The Kier molecular flexibility index (Phi) is 5.82. The summed E-state index contributed by atoms with van der Waals surface area (Å²) in [5.74, 6) is 1.79. The maximum atomic E-state index is 4.85. The van der Waals surface area contributed by atoms with Crippen LogP contribution in [0.2, 0.25) is 0 Å². The van der Waals surface area contributed by atoms with Crippen molar-refractivity contribution in [3.8, 4) is 0 Å². The molecule has 0 aliphatic carbocycles. The number of aromatic nitrogens is 2. The Morgan fingerprint density at radius 3 is 2.48 bits per heavy atom. The second-order valence-electron chi connectivity index (χ2n) is 6.12. The summed E-state index contributed by atoms with van der Waals surface area (Å²) in [5, 5.41) is 3.42. The van der Waals surface area contributed by atoms with E-state index in [1.165, 1.54) is 11.1 Å². The number of nitrogens with one attached hydrogen (secondary N) is 1. The average Bonchev–Trinajstić information content (AvgIpc) is 2.67. The Morgan fingerprint density at radius 1 is 1.08 bits per heavy atom. The van der Waals surface area contributed by atoms with Crippen LogP contribution >= 0.6 is 0 Å². The third-order valence-electron chi connectivity index (χ3n) is 4.41. The first-order valence-electron chi connectivity index (χ1n) is 8.87. The number of benzene rings is 1. The fourth-order valence-corrected chi connectivity index (χ4v) is 2.95. The molecule has 132 valence electrons. The van der Waals surface area contributed by atoms with Crippen LogP contribution in [-0.2, 0) is 6.54 Å². The minimum Gasteiger partial charge on any atom is -0.357 e. The summed E-state index contributed by atoms with van der Waals surface area (Å²) in [6, 6.07) is 10.3. The predicted molar refractivity (Wildman–Crippen MR) is 102 cm³/mol. The van der Waals surface area contributed by atoms with Crippen molar-refractivity contribution in [2.75, 3.05) is 37.6 Å². The molecule has 1 aromatic carbocycles. The van der Waals surface area contributed by atoms with Gasteiger partial charge in [0, 0.05) is 45.1 Å². The largest absolute Gasteiger partial charge is 0.357 e. The van der Waals surface area contributed by atoms with Crippen molar-refractivity contribution in [1.29, 1.82) is 0 Å². The molecule has 1 saturated heterocycles. The van der Waals surface area contributed by atoms with Gasteiger partial charge in [-0.2, -0.15) is 0 Å². The number of hydrogen-bond acceptors (Lipinski definition) is 4. The van der Waals surface area contributed by atoms with Gasteiger partial charge in [-0.1, -0.05) is 24.3 Å². The summed E-state index contributed by atoms with van der Waals surface area (Å²) in [7, 11) is 0. The zero-order valence-electron chi connectivity index (χ0n) is 15.0. The van der Waals surface area contributed by atoms with E-state index in [1.54, 1.807) is 12.4 Å². The number of aryl methyl sites for hydroxylation is 1. The van der Waals surface area contributed by atoms with Crippen LogP contribution in [0.1, 0.15) is 18.1 Å². The van der Waals surface area contributed by atoms with Gasteiger partial charge in [0.25, 0.3) is 0 Å². The lowest BCUT2D eigenvalue weighted by Gasteiger charge is -2.36. The van der Waals surface area contributed by atoms with Crippen LogP contribution in [0.5, 0.6) is 0 Å². The molecular weight excluding hydrogens is 312 g/mol. The van der Waals surface area contributed by atoms with E-state index < -0.39 is 0 Å². The standard InChI is InChI=1S/C19H26N6/c1-3-20-18(23-15-17-8-5-4-7-16(17)2)24-11-13-25(14-12-24)19-21-9-6-10-22-19/h4-10H,3,11-15H2,1-2H3,(H,20,23). The van der Waals surface area contributed by atoms with E-state index in [9.17, 15) is 0 Å². The Morgan fingerprint density at radius 2 is 1.80 bits per heavy atom. The number of nitrogens with zero attached hydrogens (tertiary/aromatic N) is 5. The van der Waals surface area contributed by atoms with E-state index in [0.29, 0.717) is 6.54 Å². The second kappa shape index (κ2) is 8.46. The summed E-state index contributed by atoms with van der Waals surface area (Å²) in [6.45, 7) is 9.45. The average molecular weight is 338 g/mol. The van der Waals surface area contributed by atoms with E-state index in [4.69, 9.17) is 4.99 Å². The molecule has 0 radical (unpaired) electrons. The van der Waals surface area contributed by atoms with Crippen molar-refractivity contribution >= 4 is 11.9 Å². The zero-order chi connectivity index (χ0) is 17.5. The zero-order valence-corrected chi connectivity index (χ0v) is 15.0. The monoisotopic (exact) mass is 338 g/mol. The molecule has 1 aromatic heterocycles. The molecule has 2 heterocycles. The highest BCUT2D eigenvalue weighted by molar-refractivity contribution is 5.80. The highest BCUT2D eigenvalue weighted by Gasteiger charge is 2.21. The van der Waals surface area contributed by atoms with Crippen LogP contribution in [0.25, 0.3) is 0 Å². The number of aliphatic imine (C=N–C) groups is 1. The predicted octanol–water partition coefficient (Wildman–Crippen LogP) is 2.07. The SMILES string of the molecule is CCNC(=NCc1ccccc1C)N1CCN(c2ncccn2)CC1. The first-order chi connectivity index (χ1) is 12.3. The Balaban J connectivity index is 1.64. The molecule has 0 atom stereocenters. The van der Waals surface area contributed by atoms with E-state index in [0.717, 1.165) is 44.6 Å². The van der Waals surface area contributed by atoms with Gasteiger partial charge in [0.1, 0.15) is 0 Å². The van der Waals surface area contributed by atoms with Crippen LogP contribution in [0.3, 0.4) is 0 Å². The highest BCUT2D eigenvalue weighted by atomic mass is 15.4. The minimum atomic E-state index is 0.705. The van der Waals surface area contributed by atoms with Crippen molar-refractivity contribution in [3.05, 3.63) is 53.9 Å². The molecule has 1 fully saturated rings. The summed E-state index contributed by atoms with van der Waals surface area (Å²) in [5.41, 5.74) is 2.56. The molecule has 0 bridgehead atoms. The summed E-state index contributed by atoms with van der Waals surface area (Å²) >= 11 is 0. The van der Waals surface area contributed by atoms with Crippen LogP contribution < -0.4 is 10.2 Å². The van der Waals surface area contributed by atoms with E-state index >= 15 is 0 Å². The summed E-state index contributed by atoms with van der Waals surface area (Å²) < 4.78 is 0. The molecule has 6 nitrogen and oxygen atoms in total. The van der Waals surface area contributed by atoms with Crippen LogP contribution in [0.4, 0.5) is 5.95 Å². The van der Waals surface area contributed by atoms with Crippen LogP contribution in [0.15, 0.2) is 47.7 Å².